The van der Waals surface area contributed by atoms with Crippen molar-refractivity contribution in [1.82, 2.24) is 5.32 Å². The van der Waals surface area contributed by atoms with Gasteiger partial charge < -0.3 is 15.0 Å². The second-order valence-electron chi connectivity index (χ2n) is 6.66. The molecule has 1 atom stereocenters. The Hall–Kier alpha value is -2.82. The average molecular weight is 352 g/mol. The van der Waals surface area contributed by atoms with Crippen molar-refractivity contribution in [2.45, 2.75) is 32.2 Å². The number of hydrogen-bond acceptors (Lipinski definition) is 3. The Morgan fingerprint density at radius 3 is 2.50 bits per heavy atom. The molecule has 1 N–H and O–H groups in total. The van der Waals surface area contributed by atoms with Crippen molar-refractivity contribution in [3.8, 4) is 5.75 Å². The van der Waals surface area contributed by atoms with Crippen molar-refractivity contribution >= 4 is 17.5 Å². The van der Waals surface area contributed by atoms with Gasteiger partial charge in [0.2, 0.25) is 11.8 Å². The smallest absolute Gasteiger partial charge is 0.229 e. The quantitative estimate of drug-likeness (QED) is 0.870. The lowest BCUT2D eigenvalue weighted by molar-refractivity contribution is -0.121. The van der Waals surface area contributed by atoms with E-state index in [9.17, 15) is 9.59 Å². The van der Waals surface area contributed by atoms with E-state index in [1.165, 1.54) is 0 Å². The summed E-state index contributed by atoms with van der Waals surface area (Å²) < 4.78 is 5.13. The van der Waals surface area contributed by atoms with Crippen LogP contribution >= 0.6 is 0 Å². The maximum atomic E-state index is 12.3. The minimum absolute atomic E-state index is 0.0237. The molecule has 0 radical (unpaired) electrons. The second-order valence-corrected chi connectivity index (χ2v) is 6.66. The number of aryl methyl sites for hydroxylation is 2. The summed E-state index contributed by atoms with van der Waals surface area (Å²) in [7, 11) is 1.63. The first-order chi connectivity index (χ1) is 12.5. The van der Waals surface area contributed by atoms with Crippen molar-refractivity contribution in [3.63, 3.8) is 0 Å². The van der Waals surface area contributed by atoms with Crippen LogP contribution in [0.1, 0.15) is 24.0 Å². The standard InChI is InChI=1S/C21H24N2O3/c1-15-3-8-18(9-4-15)23-14-17(13-21(23)25)22-20(24)12-7-16-5-10-19(26-2)11-6-16/h3-6,8-11,17H,7,12-14H2,1-2H3,(H,22,24)/t17-/m1/s1. The Kier molecular flexibility index (Phi) is 5.56. The summed E-state index contributed by atoms with van der Waals surface area (Å²) in [4.78, 5) is 26.2. The molecule has 3 rings (SSSR count). The number of ether oxygens (including phenoxy) is 1. The largest absolute Gasteiger partial charge is 0.497 e. The predicted molar refractivity (Wildman–Crippen MR) is 101 cm³/mol. The molecule has 5 nitrogen and oxygen atoms in total. The maximum absolute atomic E-state index is 12.3. The summed E-state index contributed by atoms with van der Waals surface area (Å²) in [5.41, 5.74) is 3.13. The SMILES string of the molecule is COc1ccc(CCC(=O)N[C@@H]2CC(=O)N(c3ccc(C)cc3)C2)cc1. The molecule has 2 aromatic rings. The Labute approximate surface area is 154 Å². The third kappa shape index (κ3) is 4.42. The van der Waals surface area contributed by atoms with Gasteiger partial charge in [0, 0.05) is 25.1 Å². The van der Waals surface area contributed by atoms with E-state index in [0.29, 0.717) is 25.8 Å². The van der Waals surface area contributed by atoms with E-state index in [2.05, 4.69) is 5.32 Å². The van der Waals surface area contributed by atoms with Gasteiger partial charge in [0.1, 0.15) is 5.75 Å². The van der Waals surface area contributed by atoms with E-state index in [1.54, 1.807) is 12.0 Å². The Bertz CT molecular complexity index is 769. The third-order valence-corrected chi connectivity index (χ3v) is 4.64. The molecule has 0 unspecified atom stereocenters. The minimum Gasteiger partial charge on any atom is -0.497 e. The van der Waals surface area contributed by atoms with Crippen molar-refractivity contribution in [3.05, 3.63) is 59.7 Å². The van der Waals surface area contributed by atoms with Crippen LogP contribution in [0.3, 0.4) is 0 Å². The van der Waals surface area contributed by atoms with Gasteiger partial charge in [0.25, 0.3) is 0 Å². The number of carbonyl (C=O) groups is 2. The highest BCUT2D eigenvalue weighted by atomic mass is 16.5. The molecular weight excluding hydrogens is 328 g/mol. The zero-order valence-corrected chi connectivity index (χ0v) is 15.2. The monoisotopic (exact) mass is 352 g/mol. The Morgan fingerprint density at radius 1 is 1.15 bits per heavy atom. The zero-order valence-electron chi connectivity index (χ0n) is 15.2. The van der Waals surface area contributed by atoms with Gasteiger partial charge in [-0.25, -0.2) is 0 Å². The van der Waals surface area contributed by atoms with Crippen molar-refractivity contribution in [2.75, 3.05) is 18.6 Å². The summed E-state index contributed by atoms with van der Waals surface area (Å²) in [6.07, 6.45) is 1.42. The fourth-order valence-corrected chi connectivity index (χ4v) is 3.13. The number of rotatable bonds is 6. The van der Waals surface area contributed by atoms with Crippen LogP contribution in [0, 0.1) is 6.92 Å². The first-order valence-electron chi connectivity index (χ1n) is 8.84. The molecule has 1 heterocycles. The molecule has 26 heavy (non-hydrogen) atoms. The van der Waals surface area contributed by atoms with Gasteiger partial charge in [-0.1, -0.05) is 29.8 Å². The summed E-state index contributed by atoms with van der Waals surface area (Å²) in [5.74, 6) is 0.831. The second kappa shape index (κ2) is 8.04. The van der Waals surface area contributed by atoms with Crippen LogP contribution in [0.2, 0.25) is 0 Å². The van der Waals surface area contributed by atoms with Gasteiger partial charge in [0.05, 0.1) is 13.2 Å². The molecule has 1 aliphatic heterocycles. The molecule has 136 valence electrons. The van der Waals surface area contributed by atoms with E-state index >= 15 is 0 Å². The van der Waals surface area contributed by atoms with Crippen LogP contribution in [0.5, 0.6) is 5.75 Å². The normalized spacial score (nSPS) is 16.6. The fraction of sp³-hybridized carbons (Fsp3) is 0.333. The first kappa shape index (κ1) is 18.0. The summed E-state index contributed by atoms with van der Waals surface area (Å²) in [6, 6.07) is 15.4. The number of benzene rings is 2. The van der Waals surface area contributed by atoms with Gasteiger partial charge in [-0.05, 0) is 43.2 Å². The lowest BCUT2D eigenvalue weighted by Gasteiger charge is -2.17. The van der Waals surface area contributed by atoms with Crippen molar-refractivity contribution in [1.29, 1.82) is 0 Å². The third-order valence-electron chi connectivity index (χ3n) is 4.64. The number of nitrogens with one attached hydrogen (secondary N) is 1. The molecule has 0 saturated carbocycles. The van der Waals surface area contributed by atoms with Crippen LogP contribution in [0.4, 0.5) is 5.69 Å². The van der Waals surface area contributed by atoms with Crippen LogP contribution < -0.4 is 15.0 Å². The highest BCUT2D eigenvalue weighted by molar-refractivity contribution is 5.96. The van der Waals surface area contributed by atoms with Gasteiger partial charge in [-0.2, -0.15) is 0 Å². The number of anilines is 1. The van der Waals surface area contributed by atoms with Gasteiger partial charge in [-0.3, -0.25) is 9.59 Å². The fourth-order valence-electron chi connectivity index (χ4n) is 3.13. The van der Waals surface area contributed by atoms with Crippen molar-refractivity contribution in [2.24, 2.45) is 0 Å². The molecule has 1 aliphatic rings. The highest BCUT2D eigenvalue weighted by Gasteiger charge is 2.31. The molecule has 2 amide bonds. The van der Waals surface area contributed by atoms with E-state index in [4.69, 9.17) is 4.74 Å². The summed E-state index contributed by atoms with van der Waals surface area (Å²) >= 11 is 0. The molecule has 1 fully saturated rings. The van der Waals surface area contributed by atoms with Crippen LogP contribution in [0.15, 0.2) is 48.5 Å². The summed E-state index contributed by atoms with van der Waals surface area (Å²) in [5, 5.41) is 2.99. The number of amides is 2. The summed E-state index contributed by atoms with van der Waals surface area (Å²) in [6.45, 7) is 2.54. The van der Waals surface area contributed by atoms with Gasteiger partial charge in [-0.15, -0.1) is 0 Å². The van der Waals surface area contributed by atoms with Crippen LogP contribution in [0.25, 0.3) is 0 Å². The van der Waals surface area contributed by atoms with E-state index in [1.807, 2.05) is 55.5 Å². The molecular formula is C21H24N2O3. The highest BCUT2D eigenvalue weighted by Crippen LogP contribution is 2.22. The lowest BCUT2D eigenvalue weighted by Crippen LogP contribution is -2.37. The molecule has 0 bridgehead atoms. The van der Waals surface area contributed by atoms with E-state index < -0.39 is 0 Å². The molecule has 1 saturated heterocycles. The van der Waals surface area contributed by atoms with Crippen LogP contribution in [-0.4, -0.2) is 31.5 Å². The zero-order chi connectivity index (χ0) is 18.5. The molecule has 5 heteroatoms. The maximum Gasteiger partial charge on any atom is 0.229 e. The molecule has 0 spiro atoms. The molecule has 2 aromatic carbocycles. The van der Waals surface area contributed by atoms with E-state index in [0.717, 1.165) is 22.6 Å². The first-order valence-corrected chi connectivity index (χ1v) is 8.84. The van der Waals surface area contributed by atoms with Gasteiger partial charge in [0.15, 0.2) is 0 Å². The number of nitrogens with zero attached hydrogens (tertiary/aromatic N) is 1. The van der Waals surface area contributed by atoms with Crippen LogP contribution in [-0.2, 0) is 16.0 Å². The number of methoxy groups -OCH3 is 1. The van der Waals surface area contributed by atoms with Gasteiger partial charge >= 0.3 is 0 Å². The average Bonchev–Trinajstić information content (AvgIpc) is 3.01. The van der Waals surface area contributed by atoms with E-state index in [-0.39, 0.29) is 17.9 Å². The van der Waals surface area contributed by atoms with Crippen molar-refractivity contribution < 1.29 is 14.3 Å². The lowest BCUT2D eigenvalue weighted by atomic mass is 10.1. The number of carbonyl (C=O) groups excluding carboxylic acids is 2. The topological polar surface area (TPSA) is 58.6 Å². The Morgan fingerprint density at radius 2 is 1.85 bits per heavy atom. The number of hydrogen-bond donors (Lipinski definition) is 1. The predicted octanol–water partition coefficient (Wildman–Crippen LogP) is 2.86. The molecule has 0 aliphatic carbocycles. The molecule has 0 aromatic heterocycles. The minimum atomic E-state index is -0.132. The Balaban J connectivity index is 1.50.